The highest BCUT2D eigenvalue weighted by atomic mass is 35.5. The summed E-state index contributed by atoms with van der Waals surface area (Å²) in [6.07, 6.45) is 0. The van der Waals surface area contributed by atoms with Gasteiger partial charge in [0.1, 0.15) is 0 Å². The van der Waals surface area contributed by atoms with E-state index in [1.807, 2.05) is 17.5 Å². The van der Waals surface area contributed by atoms with Gasteiger partial charge in [-0.05, 0) is 29.6 Å². The Bertz CT molecular complexity index is 629. The van der Waals surface area contributed by atoms with E-state index in [0.717, 1.165) is 4.88 Å². The molecule has 2 N–H and O–H groups in total. The van der Waals surface area contributed by atoms with Gasteiger partial charge in [-0.25, -0.2) is 0 Å². The molecule has 4 nitrogen and oxygen atoms in total. The Labute approximate surface area is 129 Å². The number of anilines is 1. The molecule has 20 heavy (non-hydrogen) atoms. The van der Waals surface area contributed by atoms with Gasteiger partial charge in [-0.3, -0.25) is 9.59 Å². The third-order valence-electron chi connectivity index (χ3n) is 2.39. The van der Waals surface area contributed by atoms with E-state index in [-0.39, 0.29) is 0 Å². The molecule has 104 valence electrons. The zero-order valence-corrected chi connectivity index (χ0v) is 12.5. The topological polar surface area (TPSA) is 58.2 Å². The van der Waals surface area contributed by atoms with E-state index in [4.69, 9.17) is 23.2 Å². The minimum atomic E-state index is -0.750. The van der Waals surface area contributed by atoms with Crippen molar-refractivity contribution in [2.24, 2.45) is 0 Å². The first-order chi connectivity index (χ1) is 9.56. The first-order valence-corrected chi connectivity index (χ1v) is 7.26. The van der Waals surface area contributed by atoms with Gasteiger partial charge in [-0.15, -0.1) is 11.3 Å². The van der Waals surface area contributed by atoms with Crippen LogP contribution in [0, 0.1) is 0 Å². The molecule has 0 bridgehead atoms. The van der Waals surface area contributed by atoms with Gasteiger partial charge in [0.25, 0.3) is 0 Å². The summed E-state index contributed by atoms with van der Waals surface area (Å²) in [6.45, 7) is 0.325. The molecule has 2 rings (SSSR count). The second-order valence-corrected chi connectivity index (χ2v) is 5.69. The maximum atomic E-state index is 11.7. The molecule has 0 aliphatic rings. The molecular formula is C13H10Cl2N2O2S. The Hall–Kier alpha value is -1.56. The smallest absolute Gasteiger partial charge is 0.313 e. The van der Waals surface area contributed by atoms with Crippen LogP contribution in [-0.2, 0) is 16.1 Å². The average Bonchev–Trinajstić information content (AvgIpc) is 2.93. The predicted molar refractivity (Wildman–Crippen MR) is 81.3 cm³/mol. The van der Waals surface area contributed by atoms with Crippen LogP contribution in [0.15, 0.2) is 35.7 Å². The summed E-state index contributed by atoms with van der Waals surface area (Å²) in [5, 5.41) is 7.57. The maximum Gasteiger partial charge on any atom is 0.313 e. The lowest BCUT2D eigenvalue weighted by Crippen LogP contribution is -2.34. The Morgan fingerprint density at radius 1 is 1.10 bits per heavy atom. The normalized spacial score (nSPS) is 10.1. The largest absolute Gasteiger partial charge is 0.343 e. The summed E-state index contributed by atoms with van der Waals surface area (Å²) >= 11 is 13.1. The van der Waals surface area contributed by atoms with E-state index in [9.17, 15) is 9.59 Å². The molecule has 2 amide bonds. The average molecular weight is 329 g/mol. The maximum absolute atomic E-state index is 11.7. The van der Waals surface area contributed by atoms with Crippen molar-refractivity contribution in [1.29, 1.82) is 0 Å². The van der Waals surface area contributed by atoms with Gasteiger partial charge in [-0.1, -0.05) is 29.3 Å². The third-order valence-corrected chi connectivity index (χ3v) is 4.00. The second-order valence-electron chi connectivity index (χ2n) is 3.85. The quantitative estimate of drug-likeness (QED) is 0.849. The van der Waals surface area contributed by atoms with Crippen molar-refractivity contribution >= 4 is 52.0 Å². The molecule has 0 aliphatic heterocycles. The summed E-state index contributed by atoms with van der Waals surface area (Å²) in [6, 6.07) is 8.35. The van der Waals surface area contributed by atoms with E-state index in [0.29, 0.717) is 22.3 Å². The fourth-order valence-corrected chi connectivity index (χ4v) is 2.37. The van der Waals surface area contributed by atoms with Crippen LogP contribution in [0.1, 0.15) is 4.88 Å². The van der Waals surface area contributed by atoms with Gasteiger partial charge in [-0.2, -0.15) is 0 Å². The molecule has 0 spiro atoms. The molecule has 0 saturated carbocycles. The lowest BCUT2D eigenvalue weighted by Gasteiger charge is -2.06. The number of rotatable bonds is 3. The number of amides is 2. The summed E-state index contributed by atoms with van der Waals surface area (Å²) < 4.78 is 0. The molecule has 0 atom stereocenters. The van der Waals surface area contributed by atoms with Crippen LogP contribution in [0.3, 0.4) is 0 Å². The van der Waals surface area contributed by atoms with Gasteiger partial charge in [0.2, 0.25) is 0 Å². The molecule has 7 heteroatoms. The SMILES string of the molecule is O=C(NCc1cccs1)C(=O)Nc1ccc(Cl)c(Cl)c1. The lowest BCUT2D eigenvalue weighted by atomic mass is 10.3. The van der Waals surface area contributed by atoms with E-state index in [2.05, 4.69) is 10.6 Å². The van der Waals surface area contributed by atoms with Gasteiger partial charge in [0.15, 0.2) is 0 Å². The lowest BCUT2D eigenvalue weighted by molar-refractivity contribution is -0.136. The van der Waals surface area contributed by atoms with Crippen molar-refractivity contribution in [1.82, 2.24) is 5.32 Å². The number of carbonyl (C=O) groups excluding carboxylic acids is 2. The van der Waals surface area contributed by atoms with Gasteiger partial charge >= 0.3 is 11.8 Å². The van der Waals surface area contributed by atoms with Crippen molar-refractivity contribution in [2.75, 3.05) is 5.32 Å². The highest BCUT2D eigenvalue weighted by Gasteiger charge is 2.14. The van der Waals surface area contributed by atoms with Gasteiger partial charge < -0.3 is 10.6 Å². The van der Waals surface area contributed by atoms with Crippen LogP contribution in [0.5, 0.6) is 0 Å². The fourth-order valence-electron chi connectivity index (χ4n) is 1.42. The van der Waals surface area contributed by atoms with Crippen LogP contribution in [0.25, 0.3) is 0 Å². The Morgan fingerprint density at radius 3 is 2.55 bits per heavy atom. The summed E-state index contributed by atoms with van der Waals surface area (Å²) in [5.41, 5.74) is 0.413. The van der Waals surface area contributed by atoms with E-state index < -0.39 is 11.8 Å². The molecule has 0 fully saturated rings. The summed E-state index contributed by atoms with van der Waals surface area (Å²) in [4.78, 5) is 24.3. The summed E-state index contributed by atoms with van der Waals surface area (Å²) in [5.74, 6) is -1.45. The molecule has 0 unspecified atom stereocenters. The van der Waals surface area contributed by atoms with Crippen LogP contribution < -0.4 is 10.6 Å². The third kappa shape index (κ3) is 3.96. The van der Waals surface area contributed by atoms with Crippen LogP contribution in [0.2, 0.25) is 10.0 Å². The Kier molecular flexibility index (Phi) is 5.00. The minimum Gasteiger partial charge on any atom is -0.343 e. The second kappa shape index (κ2) is 6.74. The first-order valence-electron chi connectivity index (χ1n) is 5.63. The first kappa shape index (κ1) is 14.8. The van der Waals surface area contributed by atoms with Crippen molar-refractivity contribution in [3.63, 3.8) is 0 Å². The number of hydrogen-bond donors (Lipinski definition) is 2. The van der Waals surface area contributed by atoms with Crippen LogP contribution in [-0.4, -0.2) is 11.8 Å². The number of nitrogens with one attached hydrogen (secondary N) is 2. The Balaban J connectivity index is 1.90. The van der Waals surface area contributed by atoms with Crippen molar-refractivity contribution in [3.05, 3.63) is 50.6 Å². The zero-order valence-electron chi connectivity index (χ0n) is 10.2. The fraction of sp³-hybridized carbons (Fsp3) is 0.0769. The number of halogens is 2. The van der Waals surface area contributed by atoms with E-state index in [1.165, 1.54) is 17.4 Å². The molecule has 2 aromatic rings. The number of carbonyl (C=O) groups is 2. The number of thiophene rings is 1. The van der Waals surface area contributed by atoms with Gasteiger partial charge in [0.05, 0.1) is 16.6 Å². The highest BCUT2D eigenvalue weighted by Crippen LogP contribution is 2.24. The predicted octanol–water partition coefficient (Wildman–Crippen LogP) is 3.31. The minimum absolute atomic E-state index is 0.309. The standard InChI is InChI=1S/C13H10Cl2N2O2S/c14-10-4-3-8(6-11(10)15)17-13(19)12(18)16-7-9-2-1-5-20-9/h1-6H,7H2,(H,16,18)(H,17,19). The summed E-state index contributed by atoms with van der Waals surface area (Å²) in [7, 11) is 0. The van der Waals surface area contributed by atoms with Gasteiger partial charge in [0, 0.05) is 10.6 Å². The zero-order chi connectivity index (χ0) is 14.5. The van der Waals surface area contributed by atoms with Crippen molar-refractivity contribution < 1.29 is 9.59 Å². The highest BCUT2D eigenvalue weighted by molar-refractivity contribution is 7.09. The molecule has 1 aromatic heterocycles. The molecule has 0 radical (unpaired) electrons. The molecular weight excluding hydrogens is 319 g/mol. The van der Waals surface area contributed by atoms with Crippen molar-refractivity contribution in [3.8, 4) is 0 Å². The van der Waals surface area contributed by atoms with Crippen molar-refractivity contribution in [2.45, 2.75) is 6.54 Å². The van der Waals surface area contributed by atoms with Crippen LogP contribution >= 0.6 is 34.5 Å². The number of hydrogen-bond acceptors (Lipinski definition) is 3. The molecule has 1 aromatic carbocycles. The van der Waals surface area contributed by atoms with Crippen LogP contribution in [0.4, 0.5) is 5.69 Å². The van der Waals surface area contributed by atoms with E-state index in [1.54, 1.807) is 12.1 Å². The van der Waals surface area contributed by atoms with E-state index >= 15 is 0 Å². The molecule has 0 saturated heterocycles. The number of benzene rings is 1. The molecule has 0 aliphatic carbocycles. The monoisotopic (exact) mass is 328 g/mol. The Morgan fingerprint density at radius 2 is 1.90 bits per heavy atom. The molecule has 1 heterocycles.